The zero-order valence-electron chi connectivity index (χ0n) is 17.8. The number of aromatic nitrogens is 1. The second kappa shape index (κ2) is 9.66. The van der Waals surface area contributed by atoms with Crippen molar-refractivity contribution in [1.82, 2.24) is 15.2 Å². The molecule has 168 valence electrons. The van der Waals surface area contributed by atoms with Crippen LogP contribution in [0.4, 0.5) is 0 Å². The summed E-state index contributed by atoms with van der Waals surface area (Å²) in [7, 11) is 1.40. The summed E-state index contributed by atoms with van der Waals surface area (Å²) in [6, 6.07) is 16.1. The minimum atomic E-state index is -0.406. The molecule has 2 amide bonds. The van der Waals surface area contributed by atoms with E-state index < -0.39 is 11.5 Å². The average molecular weight is 464 g/mol. The van der Waals surface area contributed by atoms with E-state index in [1.54, 1.807) is 36.4 Å². The van der Waals surface area contributed by atoms with Crippen LogP contribution in [0, 0.1) is 0 Å². The smallest absolute Gasteiger partial charge is 0.265 e. The van der Waals surface area contributed by atoms with Gasteiger partial charge in [-0.1, -0.05) is 48.5 Å². The highest BCUT2D eigenvalue weighted by Gasteiger charge is 2.25. The van der Waals surface area contributed by atoms with Gasteiger partial charge in [0.05, 0.1) is 23.9 Å². The van der Waals surface area contributed by atoms with E-state index in [4.69, 9.17) is 4.74 Å². The number of nitrogens with one attached hydrogen (secondary N) is 2. The van der Waals surface area contributed by atoms with Crippen molar-refractivity contribution in [3.63, 3.8) is 0 Å². The highest BCUT2D eigenvalue weighted by Crippen LogP contribution is 2.39. The number of ketones is 1. The largest absolute Gasteiger partial charge is 0.494 e. The maximum atomic E-state index is 13.6. The van der Waals surface area contributed by atoms with Gasteiger partial charge in [-0.05, 0) is 6.07 Å². The van der Waals surface area contributed by atoms with E-state index in [0.717, 1.165) is 16.7 Å². The SMILES string of the molecule is COc1c(C(=O)NCCNC=O)sc2c1c(=O)n(CC(=O)c1ccccc1)c1ccccc21. The molecule has 8 nitrogen and oxygen atoms in total. The molecule has 2 N–H and O–H groups in total. The highest BCUT2D eigenvalue weighted by molar-refractivity contribution is 7.22. The molecular weight excluding hydrogens is 442 g/mol. The second-order valence-corrected chi connectivity index (χ2v) is 8.21. The molecule has 0 fully saturated rings. The molecule has 0 radical (unpaired) electrons. The Morgan fingerprint density at radius 3 is 2.52 bits per heavy atom. The molecule has 0 saturated carbocycles. The number of benzene rings is 2. The van der Waals surface area contributed by atoms with Gasteiger partial charge in [0.2, 0.25) is 6.41 Å². The van der Waals surface area contributed by atoms with Crippen LogP contribution >= 0.6 is 11.3 Å². The molecule has 0 atom stereocenters. The first-order chi connectivity index (χ1) is 16.1. The Balaban J connectivity index is 1.85. The summed E-state index contributed by atoms with van der Waals surface area (Å²) in [4.78, 5) is 49.9. The van der Waals surface area contributed by atoms with Gasteiger partial charge in [-0.15, -0.1) is 11.3 Å². The number of nitrogens with zero attached hydrogens (tertiary/aromatic N) is 1. The quantitative estimate of drug-likeness (QED) is 0.225. The molecule has 9 heteroatoms. The fourth-order valence-corrected chi connectivity index (χ4v) is 4.90. The van der Waals surface area contributed by atoms with Crippen LogP contribution in [0.3, 0.4) is 0 Å². The Kier molecular flexibility index (Phi) is 6.50. The zero-order chi connectivity index (χ0) is 23.4. The summed E-state index contributed by atoms with van der Waals surface area (Å²) in [5.41, 5.74) is 0.711. The van der Waals surface area contributed by atoms with Gasteiger partial charge in [0.1, 0.15) is 10.3 Å². The lowest BCUT2D eigenvalue weighted by molar-refractivity contribution is -0.109. The van der Waals surface area contributed by atoms with Crippen molar-refractivity contribution in [1.29, 1.82) is 0 Å². The number of carbonyl (C=O) groups excluding carboxylic acids is 3. The molecule has 2 heterocycles. The van der Waals surface area contributed by atoms with Crippen molar-refractivity contribution in [2.45, 2.75) is 6.54 Å². The van der Waals surface area contributed by atoms with Gasteiger partial charge in [-0.2, -0.15) is 0 Å². The van der Waals surface area contributed by atoms with Crippen LogP contribution in [-0.2, 0) is 11.3 Å². The monoisotopic (exact) mass is 463 g/mol. The maximum Gasteiger partial charge on any atom is 0.265 e. The number of Topliss-reactive ketones (excluding diaryl/α,β-unsaturated/α-hetero) is 1. The number of carbonyl (C=O) groups is 3. The lowest BCUT2D eigenvalue weighted by Gasteiger charge is -2.11. The third-order valence-corrected chi connectivity index (χ3v) is 6.41. The van der Waals surface area contributed by atoms with Crippen LogP contribution in [0.1, 0.15) is 20.0 Å². The van der Waals surface area contributed by atoms with Crippen molar-refractivity contribution in [2.24, 2.45) is 0 Å². The van der Waals surface area contributed by atoms with Crippen molar-refractivity contribution in [2.75, 3.05) is 20.2 Å². The Bertz CT molecular complexity index is 1410. The molecule has 33 heavy (non-hydrogen) atoms. The van der Waals surface area contributed by atoms with Crippen LogP contribution < -0.4 is 20.9 Å². The number of fused-ring (bicyclic) bond motifs is 3. The molecule has 0 aliphatic carbocycles. The molecule has 0 aliphatic heterocycles. The number of para-hydroxylation sites is 1. The summed E-state index contributed by atoms with van der Waals surface area (Å²) >= 11 is 1.16. The summed E-state index contributed by atoms with van der Waals surface area (Å²) in [6.07, 6.45) is 0.553. The summed E-state index contributed by atoms with van der Waals surface area (Å²) in [5.74, 6) is -0.430. The number of hydrogen-bond acceptors (Lipinski definition) is 6. The van der Waals surface area contributed by atoms with E-state index in [1.165, 1.54) is 11.7 Å². The van der Waals surface area contributed by atoms with Crippen molar-refractivity contribution in [3.8, 4) is 5.75 Å². The predicted octanol–water partition coefficient (Wildman–Crippen LogP) is 2.58. The lowest BCUT2D eigenvalue weighted by Crippen LogP contribution is -2.31. The molecule has 2 aromatic carbocycles. The number of ether oxygens (including phenoxy) is 1. The summed E-state index contributed by atoms with van der Waals surface area (Å²) in [6.45, 7) is 0.364. The second-order valence-electron chi connectivity index (χ2n) is 7.19. The Hall–Kier alpha value is -3.98. The van der Waals surface area contributed by atoms with E-state index >= 15 is 0 Å². The predicted molar refractivity (Wildman–Crippen MR) is 127 cm³/mol. The molecule has 0 bridgehead atoms. The Labute approximate surface area is 192 Å². The van der Waals surface area contributed by atoms with Gasteiger partial charge < -0.3 is 15.4 Å². The molecule has 0 aliphatic rings. The van der Waals surface area contributed by atoms with Crippen molar-refractivity contribution in [3.05, 3.63) is 75.4 Å². The number of rotatable bonds is 9. The normalized spacial score (nSPS) is 10.8. The van der Waals surface area contributed by atoms with Crippen LogP contribution in [0.5, 0.6) is 5.75 Å². The van der Waals surface area contributed by atoms with E-state index in [1.807, 2.05) is 18.2 Å². The molecule has 4 aromatic rings. The fraction of sp³-hybridized carbons (Fsp3) is 0.167. The first-order valence-corrected chi connectivity index (χ1v) is 11.0. The van der Waals surface area contributed by atoms with E-state index in [9.17, 15) is 19.2 Å². The number of amides is 2. The average Bonchev–Trinajstić information content (AvgIpc) is 3.25. The van der Waals surface area contributed by atoms with Crippen molar-refractivity contribution >= 4 is 50.4 Å². The fourth-order valence-electron chi connectivity index (χ4n) is 3.69. The Morgan fingerprint density at radius 1 is 1.06 bits per heavy atom. The summed E-state index contributed by atoms with van der Waals surface area (Å²) < 4.78 is 7.55. The van der Waals surface area contributed by atoms with Gasteiger partial charge >= 0.3 is 0 Å². The topological polar surface area (TPSA) is 106 Å². The van der Waals surface area contributed by atoms with Crippen LogP contribution in [-0.4, -0.2) is 42.9 Å². The van der Waals surface area contributed by atoms with Gasteiger partial charge in [0.15, 0.2) is 11.5 Å². The molecule has 0 spiro atoms. The van der Waals surface area contributed by atoms with Gasteiger partial charge in [0.25, 0.3) is 11.5 Å². The summed E-state index contributed by atoms with van der Waals surface area (Å²) in [5, 5.41) is 6.20. The number of methoxy groups -OCH3 is 1. The first kappa shape index (κ1) is 22.2. The maximum absolute atomic E-state index is 13.6. The Morgan fingerprint density at radius 2 is 1.79 bits per heavy atom. The van der Waals surface area contributed by atoms with Crippen LogP contribution in [0.25, 0.3) is 21.0 Å². The van der Waals surface area contributed by atoms with Gasteiger partial charge in [-0.25, -0.2) is 0 Å². The third kappa shape index (κ3) is 4.22. The molecule has 4 rings (SSSR count). The minimum Gasteiger partial charge on any atom is -0.494 e. The highest BCUT2D eigenvalue weighted by atomic mass is 32.1. The number of hydrogen-bond donors (Lipinski definition) is 2. The van der Waals surface area contributed by atoms with Crippen LogP contribution in [0.2, 0.25) is 0 Å². The van der Waals surface area contributed by atoms with Gasteiger partial charge in [0, 0.05) is 24.0 Å². The van der Waals surface area contributed by atoms with E-state index in [2.05, 4.69) is 10.6 Å². The van der Waals surface area contributed by atoms with Crippen LogP contribution in [0.15, 0.2) is 59.4 Å². The van der Waals surface area contributed by atoms with Crippen molar-refractivity contribution < 1.29 is 19.1 Å². The lowest BCUT2D eigenvalue weighted by atomic mass is 10.1. The number of thiophene rings is 1. The third-order valence-electron chi connectivity index (χ3n) is 5.21. The first-order valence-electron chi connectivity index (χ1n) is 10.2. The molecular formula is C24H21N3O5S. The molecule has 2 aromatic heterocycles. The van der Waals surface area contributed by atoms with E-state index in [0.29, 0.717) is 22.2 Å². The zero-order valence-corrected chi connectivity index (χ0v) is 18.6. The van der Waals surface area contributed by atoms with Gasteiger partial charge in [-0.3, -0.25) is 23.7 Å². The van der Waals surface area contributed by atoms with E-state index in [-0.39, 0.29) is 41.4 Å². The standard InChI is InChI=1S/C24H21N3O5S/c1-32-20-19-21(33-22(20)23(30)26-12-11-25-14-28)16-9-5-6-10-17(16)27(24(19)31)13-18(29)15-7-3-2-4-8-15/h2-10,14H,11-13H2,1H3,(H,25,28)(H,26,30). The minimum absolute atomic E-state index is 0.142. The molecule has 0 saturated heterocycles. The number of pyridine rings is 1. The molecule has 0 unspecified atom stereocenters.